The Morgan fingerprint density at radius 1 is 1.03 bits per heavy atom. The summed E-state index contributed by atoms with van der Waals surface area (Å²) in [5.41, 5.74) is 2.24. The second-order valence-corrected chi connectivity index (χ2v) is 6.31. The van der Waals surface area contributed by atoms with E-state index in [0.717, 1.165) is 11.1 Å². The van der Waals surface area contributed by atoms with E-state index in [-0.39, 0.29) is 24.6 Å². The number of esters is 1. The van der Waals surface area contributed by atoms with Crippen LogP contribution in [0.4, 0.5) is 4.39 Å². The van der Waals surface area contributed by atoms with Crippen molar-refractivity contribution in [2.45, 2.75) is 13.5 Å². The van der Waals surface area contributed by atoms with Gasteiger partial charge in [0, 0.05) is 6.20 Å². The van der Waals surface area contributed by atoms with Gasteiger partial charge >= 0.3 is 5.97 Å². The summed E-state index contributed by atoms with van der Waals surface area (Å²) in [7, 11) is 1.29. The molecule has 0 amide bonds. The molecule has 6 nitrogen and oxygen atoms in total. The number of methoxy groups -OCH3 is 1. The summed E-state index contributed by atoms with van der Waals surface area (Å²) in [6.07, 6.45) is 1.51. The third-order valence-corrected chi connectivity index (χ3v) is 4.27. The zero-order chi connectivity index (χ0) is 20.8. The number of rotatable bonds is 7. The molecular formula is C22H20FNO5. The van der Waals surface area contributed by atoms with Gasteiger partial charge in [-0.2, -0.15) is 0 Å². The minimum atomic E-state index is -0.482. The molecule has 7 heteroatoms. The fourth-order valence-corrected chi connectivity index (χ4v) is 2.76. The summed E-state index contributed by atoms with van der Waals surface area (Å²) in [4.78, 5) is 26.4. The maximum absolute atomic E-state index is 13.1. The van der Waals surface area contributed by atoms with E-state index in [4.69, 9.17) is 9.47 Å². The van der Waals surface area contributed by atoms with Crippen molar-refractivity contribution >= 4 is 5.97 Å². The number of H-pyrrole nitrogens is 1. The normalized spacial score (nSPS) is 10.4. The van der Waals surface area contributed by atoms with Gasteiger partial charge in [-0.3, -0.25) is 4.79 Å². The molecule has 0 unspecified atom stereocenters. The number of ether oxygens (including phenoxy) is 3. The third-order valence-electron chi connectivity index (χ3n) is 4.27. The van der Waals surface area contributed by atoms with Gasteiger partial charge in [-0.1, -0.05) is 18.2 Å². The summed E-state index contributed by atoms with van der Waals surface area (Å²) < 4.78 is 28.9. The van der Waals surface area contributed by atoms with E-state index in [1.165, 1.54) is 25.4 Å². The lowest BCUT2D eigenvalue weighted by atomic mass is 10.0. The lowest BCUT2D eigenvalue weighted by Crippen LogP contribution is -2.13. The average molecular weight is 397 g/mol. The van der Waals surface area contributed by atoms with E-state index in [9.17, 15) is 14.0 Å². The average Bonchev–Trinajstić information content (AvgIpc) is 2.72. The van der Waals surface area contributed by atoms with Gasteiger partial charge in [0.1, 0.15) is 23.9 Å². The smallest absolute Gasteiger partial charge is 0.343 e. The molecule has 2 aromatic carbocycles. The Morgan fingerprint density at radius 3 is 2.48 bits per heavy atom. The number of nitrogens with one attached hydrogen (secondary N) is 1. The van der Waals surface area contributed by atoms with Crippen molar-refractivity contribution in [1.29, 1.82) is 0 Å². The van der Waals surface area contributed by atoms with E-state index in [1.54, 1.807) is 36.4 Å². The molecule has 0 bridgehead atoms. The fraction of sp³-hybridized carbons (Fsp3) is 0.182. The minimum Gasteiger partial charge on any atom is -0.488 e. The maximum atomic E-state index is 13.1. The second-order valence-electron chi connectivity index (χ2n) is 6.31. The summed E-state index contributed by atoms with van der Waals surface area (Å²) in [5, 5.41) is 0. The third kappa shape index (κ3) is 5.01. The molecule has 0 saturated carbocycles. The Labute approximate surface area is 166 Å². The first-order valence-electron chi connectivity index (χ1n) is 8.87. The number of carbonyl (C=O) groups is 1. The minimum absolute atomic E-state index is 0.191. The van der Waals surface area contributed by atoms with Crippen molar-refractivity contribution in [2.75, 3.05) is 13.7 Å². The molecule has 29 heavy (non-hydrogen) atoms. The molecule has 150 valence electrons. The van der Waals surface area contributed by atoms with Crippen molar-refractivity contribution in [3.63, 3.8) is 0 Å². The molecule has 0 saturated heterocycles. The first kappa shape index (κ1) is 20.1. The fourth-order valence-electron chi connectivity index (χ4n) is 2.76. The molecule has 0 aliphatic rings. The SMILES string of the molecule is COC(=O)COc1ccc(-c2c(OCc3ccc(F)cc3)cc[nH]c2=O)cc1C. The number of aryl methyl sites for hydroxylation is 1. The van der Waals surface area contributed by atoms with Crippen LogP contribution in [0.25, 0.3) is 11.1 Å². The number of halogens is 1. The number of aromatic nitrogens is 1. The second kappa shape index (κ2) is 9.05. The number of pyridine rings is 1. The number of benzene rings is 2. The number of hydrogen-bond acceptors (Lipinski definition) is 5. The highest BCUT2D eigenvalue weighted by molar-refractivity contribution is 5.72. The van der Waals surface area contributed by atoms with Crippen LogP contribution in [0, 0.1) is 12.7 Å². The molecule has 3 rings (SSSR count). The molecule has 0 fully saturated rings. The first-order chi connectivity index (χ1) is 14.0. The van der Waals surface area contributed by atoms with E-state index >= 15 is 0 Å². The van der Waals surface area contributed by atoms with E-state index in [1.807, 2.05) is 6.92 Å². The number of hydrogen-bond donors (Lipinski definition) is 1. The molecule has 3 aromatic rings. The summed E-state index contributed by atoms with van der Waals surface area (Å²) in [5.74, 6) is 0.112. The Kier molecular flexibility index (Phi) is 6.29. The van der Waals surface area contributed by atoms with Crippen LogP contribution >= 0.6 is 0 Å². The van der Waals surface area contributed by atoms with E-state index in [0.29, 0.717) is 22.6 Å². The molecule has 0 radical (unpaired) electrons. The van der Waals surface area contributed by atoms with Gasteiger partial charge in [-0.15, -0.1) is 0 Å². The van der Waals surface area contributed by atoms with Gasteiger partial charge in [0.15, 0.2) is 6.61 Å². The molecule has 0 aliphatic carbocycles. The zero-order valence-electron chi connectivity index (χ0n) is 16.0. The lowest BCUT2D eigenvalue weighted by molar-refractivity contribution is -0.142. The number of aromatic amines is 1. The van der Waals surface area contributed by atoms with Crippen LogP contribution < -0.4 is 15.0 Å². The quantitative estimate of drug-likeness (QED) is 0.616. The monoisotopic (exact) mass is 397 g/mol. The summed E-state index contributed by atoms with van der Waals surface area (Å²) >= 11 is 0. The van der Waals surface area contributed by atoms with Crippen molar-refractivity contribution in [3.8, 4) is 22.6 Å². The van der Waals surface area contributed by atoms with Crippen LogP contribution in [0.1, 0.15) is 11.1 Å². The van der Waals surface area contributed by atoms with Crippen LogP contribution in [-0.4, -0.2) is 24.7 Å². The van der Waals surface area contributed by atoms with Crippen LogP contribution in [0.3, 0.4) is 0 Å². The van der Waals surface area contributed by atoms with Crippen LogP contribution in [0.5, 0.6) is 11.5 Å². The predicted octanol–water partition coefficient (Wildman–Crippen LogP) is 3.62. The highest BCUT2D eigenvalue weighted by Gasteiger charge is 2.14. The Balaban J connectivity index is 1.84. The van der Waals surface area contributed by atoms with Gasteiger partial charge in [0.2, 0.25) is 0 Å². The van der Waals surface area contributed by atoms with Crippen molar-refractivity contribution in [2.24, 2.45) is 0 Å². The van der Waals surface area contributed by atoms with E-state index in [2.05, 4.69) is 9.72 Å². The zero-order valence-corrected chi connectivity index (χ0v) is 16.0. The van der Waals surface area contributed by atoms with Gasteiger partial charge in [-0.25, -0.2) is 9.18 Å². The van der Waals surface area contributed by atoms with Gasteiger partial charge in [0.25, 0.3) is 5.56 Å². The molecule has 1 heterocycles. The topological polar surface area (TPSA) is 77.6 Å². The predicted molar refractivity (Wildman–Crippen MR) is 105 cm³/mol. The molecule has 0 atom stereocenters. The van der Waals surface area contributed by atoms with Crippen LogP contribution in [-0.2, 0) is 16.1 Å². The Hall–Kier alpha value is -3.61. The van der Waals surface area contributed by atoms with Crippen molar-refractivity contribution < 1.29 is 23.4 Å². The van der Waals surface area contributed by atoms with Crippen LogP contribution in [0.2, 0.25) is 0 Å². The summed E-state index contributed by atoms with van der Waals surface area (Å²) in [6, 6.07) is 12.8. The van der Waals surface area contributed by atoms with Gasteiger partial charge in [0.05, 0.1) is 12.7 Å². The van der Waals surface area contributed by atoms with Gasteiger partial charge < -0.3 is 19.2 Å². The lowest BCUT2D eigenvalue weighted by Gasteiger charge is -2.13. The summed E-state index contributed by atoms with van der Waals surface area (Å²) in [6.45, 7) is 1.80. The van der Waals surface area contributed by atoms with Crippen molar-refractivity contribution in [3.05, 3.63) is 82.0 Å². The number of carbonyl (C=O) groups excluding carboxylic acids is 1. The molecular weight excluding hydrogens is 377 g/mol. The molecule has 1 N–H and O–H groups in total. The van der Waals surface area contributed by atoms with E-state index < -0.39 is 5.97 Å². The largest absolute Gasteiger partial charge is 0.488 e. The van der Waals surface area contributed by atoms with Crippen LogP contribution in [0.15, 0.2) is 59.5 Å². The highest BCUT2D eigenvalue weighted by atomic mass is 19.1. The molecule has 0 spiro atoms. The standard InChI is InChI=1S/C22H20FNO5/c1-14-11-16(5-8-18(14)29-13-20(25)27-2)21-19(9-10-24-22(21)26)28-12-15-3-6-17(23)7-4-15/h3-11H,12-13H2,1-2H3,(H,24,26). The van der Waals surface area contributed by atoms with Gasteiger partial charge in [-0.05, 0) is 53.9 Å². The Bertz CT molecular complexity index is 1060. The molecule has 0 aliphatic heterocycles. The Morgan fingerprint density at radius 2 is 1.79 bits per heavy atom. The highest BCUT2D eigenvalue weighted by Crippen LogP contribution is 2.30. The van der Waals surface area contributed by atoms with Crippen molar-refractivity contribution in [1.82, 2.24) is 4.98 Å². The maximum Gasteiger partial charge on any atom is 0.343 e. The molecule has 1 aromatic heterocycles. The first-order valence-corrected chi connectivity index (χ1v) is 8.87.